The standard InChI is InChI=1S/C19H29N3O3/c1-4-22(5-2)19(25)17-12-15(13-21(17)3)20-18(24)11-8-14-6-9-16(23)10-7-14/h6-7,9-10,15,17,23H,4-5,8,11-13H2,1-3H3,(H,20,24)/t15-,17+/m1/s1. The molecule has 2 rings (SSSR count). The van der Waals surface area contributed by atoms with Gasteiger partial charge in [-0.25, -0.2) is 0 Å². The Morgan fingerprint density at radius 1 is 1.24 bits per heavy atom. The molecule has 138 valence electrons. The smallest absolute Gasteiger partial charge is 0.239 e. The van der Waals surface area contributed by atoms with Crippen molar-refractivity contribution < 1.29 is 14.7 Å². The second kappa shape index (κ2) is 8.85. The van der Waals surface area contributed by atoms with Crippen molar-refractivity contribution in [2.24, 2.45) is 0 Å². The van der Waals surface area contributed by atoms with Crippen LogP contribution in [0.1, 0.15) is 32.3 Å². The highest BCUT2D eigenvalue weighted by atomic mass is 16.3. The number of phenols is 1. The van der Waals surface area contributed by atoms with Gasteiger partial charge in [-0.05, 0) is 51.4 Å². The molecule has 0 aliphatic carbocycles. The molecule has 1 aliphatic rings. The van der Waals surface area contributed by atoms with Gasteiger partial charge in [0.25, 0.3) is 0 Å². The van der Waals surface area contributed by atoms with Gasteiger partial charge in [0.15, 0.2) is 0 Å². The van der Waals surface area contributed by atoms with E-state index in [1.807, 2.05) is 42.8 Å². The zero-order valence-corrected chi connectivity index (χ0v) is 15.4. The van der Waals surface area contributed by atoms with E-state index in [1.165, 1.54) is 0 Å². The van der Waals surface area contributed by atoms with Crippen LogP contribution < -0.4 is 5.32 Å². The number of hydrogen-bond acceptors (Lipinski definition) is 4. The molecule has 25 heavy (non-hydrogen) atoms. The van der Waals surface area contributed by atoms with Crippen LogP contribution in [0, 0.1) is 0 Å². The minimum absolute atomic E-state index is 0.00223. The maximum absolute atomic E-state index is 12.5. The fourth-order valence-corrected chi connectivity index (χ4v) is 3.36. The molecule has 2 atom stereocenters. The van der Waals surface area contributed by atoms with Gasteiger partial charge in [0.05, 0.1) is 6.04 Å². The number of rotatable bonds is 7. The summed E-state index contributed by atoms with van der Waals surface area (Å²) >= 11 is 0. The number of carbonyl (C=O) groups excluding carboxylic acids is 2. The summed E-state index contributed by atoms with van der Waals surface area (Å²) < 4.78 is 0. The molecule has 1 saturated heterocycles. The number of benzene rings is 1. The number of likely N-dealkylation sites (N-methyl/N-ethyl adjacent to an activating group) is 2. The quantitative estimate of drug-likeness (QED) is 0.782. The summed E-state index contributed by atoms with van der Waals surface area (Å²) in [5.74, 6) is 0.377. The van der Waals surface area contributed by atoms with Crippen molar-refractivity contribution in [1.82, 2.24) is 15.1 Å². The Morgan fingerprint density at radius 3 is 2.48 bits per heavy atom. The van der Waals surface area contributed by atoms with Gasteiger partial charge in [0.2, 0.25) is 11.8 Å². The number of nitrogens with one attached hydrogen (secondary N) is 1. The van der Waals surface area contributed by atoms with Gasteiger partial charge in [-0.15, -0.1) is 0 Å². The molecule has 6 nitrogen and oxygen atoms in total. The fraction of sp³-hybridized carbons (Fsp3) is 0.579. The molecule has 1 aromatic carbocycles. The molecule has 0 aromatic heterocycles. The van der Waals surface area contributed by atoms with Crippen molar-refractivity contribution >= 4 is 11.8 Å². The van der Waals surface area contributed by atoms with Gasteiger partial charge in [-0.1, -0.05) is 12.1 Å². The highest BCUT2D eigenvalue weighted by Gasteiger charge is 2.36. The molecular weight excluding hydrogens is 318 g/mol. The Labute approximate surface area is 149 Å². The van der Waals surface area contributed by atoms with Crippen molar-refractivity contribution in [3.8, 4) is 5.75 Å². The Bertz CT molecular complexity index is 584. The van der Waals surface area contributed by atoms with Crippen molar-refractivity contribution in [3.05, 3.63) is 29.8 Å². The molecule has 0 bridgehead atoms. The Balaban J connectivity index is 1.81. The summed E-state index contributed by atoms with van der Waals surface area (Å²) in [6, 6.07) is 6.77. The summed E-state index contributed by atoms with van der Waals surface area (Å²) in [5.41, 5.74) is 1.02. The minimum Gasteiger partial charge on any atom is -0.508 e. The van der Waals surface area contributed by atoms with Gasteiger partial charge in [0.1, 0.15) is 5.75 Å². The van der Waals surface area contributed by atoms with E-state index in [4.69, 9.17) is 0 Å². The fourth-order valence-electron chi connectivity index (χ4n) is 3.36. The Kier molecular flexibility index (Phi) is 6.82. The highest BCUT2D eigenvalue weighted by Crippen LogP contribution is 2.18. The third kappa shape index (κ3) is 5.19. The first-order chi connectivity index (χ1) is 11.9. The highest BCUT2D eigenvalue weighted by molar-refractivity contribution is 5.82. The first kappa shape index (κ1) is 19.2. The number of nitrogens with zero attached hydrogens (tertiary/aromatic N) is 2. The van der Waals surface area contributed by atoms with Crippen LogP contribution in [0.15, 0.2) is 24.3 Å². The van der Waals surface area contributed by atoms with E-state index in [0.29, 0.717) is 38.9 Å². The number of aromatic hydroxyl groups is 1. The van der Waals surface area contributed by atoms with E-state index in [0.717, 1.165) is 5.56 Å². The lowest BCUT2D eigenvalue weighted by molar-refractivity contribution is -0.135. The predicted octanol–water partition coefficient (Wildman–Crippen LogP) is 1.38. The van der Waals surface area contributed by atoms with Gasteiger partial charge < -0.3 is 15.3 Å². The molecule has 2 N–H and O–H groups in total. The van der Waals surface area contributed by atoms with Crippen LogP contribution in [0.2, 0.25) is 0 Å². The van der Waals surface area contributed by atoms with Crippen molar-refractivity contribution in [2.75, 3.05) is 26.7 Å². The van der Waals surface area contributed by atoms with Crippen LogP contribution in [0.5, 0.6) is 5.75 Å². The Morgan fingerprint density at radius 2 is 1.88 bits per heavy atom. The molecule has 2 amide bonds. The van der Waals surface area contributed by atoms with E-state index >= 15 is 0 Å². The molecule has 6 heteroatoms. The van der Waals surface area contributed by atoms with Crippen molar-refractivity contribution in [2.45, 2.75) is 45.2 Å². The molecule has 0 saturated carbocycles. The average Bonchev–Trinajstić information content (AvgIpc) is 2.95. The molecule has 1 fully saturated rings. The summed E-state index contributed by atoms with van der Waals surface area (Å²) in [7, 11) is 1.94. The largest absolute Gasteiger partial charge is 0.508 e. The van der Waals surface area contributed by atoms with Crippen LogP contribution in [-0.4, -0.2) is 65.5 Å². The lowest BCUT2D eigenvalue weighted by Gasteiger charge is -2.26. The average molecular weight is 347 g/mol. The number of aryl methyl sites for hydroxylation is 1. The molecule has 1 heterocycles. The topological polar surface area (TPSA) is 72.9 Å². The summed E-state index contributed by atoms with van der Waals surface area (Å²) in [6.45, 7) is 6.09. The van der Waals surface area contributed by atoms with E-state index in [-0.39, 0.29) is 29.6 Å². The van der Waals surface area contributed by atoms with E-state index < -0.39 is 0 Å². The van der Waals surface area contributed by atoms with Gasteiger partial charge in [-0.3, -0.25) is 14.5 Å². The Hall–Kier alpha value is -2.08. The number of phenolic OH excluding ortho intramolecular Hbond substituents is 1. The molecule has 1 aromatic rings. The molecule has 0 spiro atoms. The summed E-state index contributed by atoms with van der Waals surface area (Å²) in [6.07, 6.45) is 1.70. The molecule has 0 radical (unpaired) electrons. The first-order valence-electron chi connectivity index (χ1n) is 9.00. The van der Waals surface area contributed by atoms with Gasteiger partial charge >= 0.3 is 0 Å². The van der Waals surface area contributed by atoms with Crippen LogP contribution >= 0.6 is 0 Å². The monoisotopic (exact) mass is 347 g/mol. The van der Waals surface area contributed by atoms with E-state index in [9.17, 15) is 14.7 Å². The normalized spacial score (nSPS) is 20.4. The number of carbonyl (C=O) groups is 2. The number of hydrogen-bond donors (Lipinski definition) is 2. The number of amides is 2. The number of likely N-dealkylation sites (tertiary alicyclic amines) is 1. The maximum Gasteiger partial charge on any atom is 0.239 e. The van der Waals surface area contributed by atoms with Crippen molar-refractivity contribution in [3.63, 3.8) is 0 Å². The second-order valence-corrected chi connectivity index (χ2v) is 6.63. The molecule has 0 unspecified atom stereocenters. The predicted molar refractivity (Wildman–Crippen MR) is 97.3 cm³/mol. The molecule has 1 aliphatic heterocycles. The van der Waals surface area contributed by atoms with Crippen LogP contribution in [-0.2, 0) is 16.0 Å². The first-order valence-corrected chi connectivity index (χ1v) is 9.00. The lowest BCUT2D eigenvalue weighted by atomic mass is 10.1. The third-order valence-corrected chi connectivity index (χ3v) is 4.85. The van der Waals surface area contributed by atoms with Gasteiger partial charge in [-0.2, -0.15) is 0 Å². The minimum atomic E-state index is -0.151. The summed E-state index contributed by atoms with van der Waals surface area (Å²) in [5, 5.41) is 12.3. The lowest BCUT2D eigenvalue weighted by Crippen LogP contribution is -2.44. The van der Waals surface area contributed by atoms with Crippen LogP contribution in [0.25, 0.3) is 0 Å². The van der Waals surface area contributed by atoms with Gasteiger partial charge in [0, 0.05) is 32.1 Å². The third-order valence-electron chi connectivity index (χ3n) is 4.85. The zero-order valence-electron chi connectivity index (χ0n) is 15.4. The summed E-state index contributed by atoms with van der Waals surface area (Å²) in [4.78, 5) is 28.6. The van der Waals surface area contributed by atoms with E-state index in [2.05, 4.69) is 5.32 Å². The second-order valence-electron chi connectivity index (χ2n) is 6.63. The van der Waals surface area contributed by atoms with E-state index in [1.54, 1.807) is 12.1 Å². The van der Waals surface area contributed by atoms with Crippen LogP contribution in [0.4, 0.5) is 0 Å². The molecular formula is C19H29N3O3. The van der Waals surface area contributed by atoms with Crippen LogP contribution in [0.3, 0.4) is 0 Å². The van der Waals surface area contributed by atoms with Crippen molar-refractivity contribution in [1.29, 1.82) is 0 Å². The maximum atomic E-state index is 12.5. The zero-order chi connectivity index (χ0) is 18.4. The SMILES string of the molecule is CCN(CC)C(=O)[C@@H]1C[C@@H](NC(=O)CCc2ccc(O)cc2)CN1C.